The molecule has 1 rings (SSSR count). The van der Waals surface area contributed by atoms with E-state index in [4.69, 9.17) is 0 Å². The van der Waals surface area contributed by atoms with Crippen LogP contribution in [0.5, 0.6) is 0 Å². The van der Waals surface area contributed by atoms with Crippen LogP contribution in [0, 0.1) is 12.2 Å². The van der Waals surface area contributed by atoms with Crippen molar-refractivity contribution in [1.82, 2.24) is 0 Å². The predicted molar refractivity (Wildman–Crippen MR) is 43.2 cm³/mol. The lowest BCUT2D eigenvalue weighted by molar-refractivity contribution is 0.681. The quantitative estimate of drug-likeness (QED) is 0.587. The number of rotatable bonds is 2. The van der Waals surface area contributed by atoms with Gasteiger partial charge in [-0.05, 0) is 29.6 Å². The van der Waals surface area contributed by atoms with E-state index in [0.717, 1.165) is 5.92 Å². The Labute approximate surface area is 59.8 Å². The summed E-state index contributed by atoms with van der Waals surface area (Å²) in [6.07, 6.45) is 5.18. The third-order valence-corrected chi connectivity index (χ3v) is 3.32. The molecule has 0 aromatic rings. The molecule has 1 atom stereocenters. The Morgan fingerprint density at radius 2 is 2.62 bits per heavy atom. The van der Waals surface area contributed by atoms with Gasteiger partial charge in [-0.3, -0.25) is 0 Å². The molecule has 2 heteroatoms. The van der Waals surface area contributed by atoms with Crippen molar-refractivity contribution >= 4 is 23.5 Å². The molecular weight excluding hydrogens is 136 g/mol. The van der Waals surface area contributed by atoms with Crippen molar-refractivity contribution in [2.24, 2.45) is 5.92 Å². The molecule has 0 aromatic carbocycles. The molecule has 0 bridgehead atoms. The highest BCUT2D eigenvalue weighted by molar-refractivity contribution is 8.01. The van der Waals surface area contributed by atoms with Crippen LogP contribution in [0.3, 0.4) is 0 Å². The van der Waals surface area contributed by atoms with Crippen molar-refractivity contribution in [3.8, 4) is 0 Å². The minimum atomic E-state index is 0.975. The monoisotopic (exact) mass is 147 g/mol. The minimum absolute atomic E-state index is 0.975. The van der Waals surface area contributed by atoms with Gasteiger partial charge in [0.05, 0.1) is 0 Å². The van der Waals surface area contributed by atoms with Crippen molar-refractivity contribution in [2.75, 3.05) is 17.3 Å². The molecule has 0 nitrogen and oxygen atoms in total. The fourth-order valence-electron chi connectivity index (χ4n) is 0.881. The lowest BCUT2D eigenvalue weighted by atomic mass is 10.2. The summed E-state index contributed by atoms with van der Waals surface area (Å²) in [5, 5.41) is 0. The molecule has 0 amide bonds. The summed E-state index contributed by atoms with van der Waals surface area (Å²) in [4.78, 5) is 0. The summed E-state index contributed by atoms with van der Waals surface area (Å²) >= 11 is 3.82. The van der Waals surface area contributed by atoms with E-state index < -0.39 is 0 Å². The molecule has 1 aliphatic rings. The first-order valence-electron chi connectivity index (χ1n) is 2.88. The van der Waals surface area contributed by atoms with Crippen LogP contribution in [0.2, 0.25) is 0 Å². The Bertz CT molecular complexity index is 57.5. The van der Waals surface area contributed by atoms with Crippen LogP contribution in [0.25, 0.3) is 0 Å². The second-order valence-electron chi connectivity index (χ2n) is 2.10. The summed E-state index contributed by atoms with van der Waals surface area (Å²) in [7, 11) is 0. The molecule has 0 spiro atoms. The zero-order valence-electron chi connectivity index (χ0n) is 4.93. The van der Waals surface area contributed by atoms with Crippen LogP contribution in [0.1, 0.15) is 6.42 Å². The van der Waals surface area contributed by atoms with Gasteiger partial charge in [0.1, 0.15) is 0 Å². The predicted octanol–water partition coefficient (Wildman–Crippen LogP) is 2.26. The molecule has 1 aliphatic heterocycles. The van der Waals surface area contributed by atoms with Crippen LogP contribution in [-0.4, -0.2) is 17.3 Å². The molecule has 0 aliphatic carbocycles. The normalized spacial score (nSPS) is 28.9. The first kappa shape index (κ1) is 6.81. The lowest BCUT2D eigenvalue weighted by Crippen LogP contribution is -1.99. The largest absolute Gasteiger partial charge is 0.162 e. The van der Waals surface area contributed by atoms with E-state index in [1.54, 1.807) is 11.8 Å². The maximum atomic E-state index is 3.76. The zero-order chi connectivity index (χ0) is 5.82. The highest BCUT2D eigenvalue weighted by Crippen LogP contribution is 2.25. The Morgan fingerprint density at radius 1 is 1.75 bits per heavy atom. The smallest absolute Gasteiger partial charge is 0.00236 e. The van der Waals surface area contributed by atoms with E-state index in [2.05, 4.69) is 18.0 Å². The van der Waals surface area contributed by atoms with Crippen molar-refractivity contribution < 1.29 is 0 Å². The van der Waals surface area contributed by atoms with E-state index in [0.29, 0.717) is 0 Å². The van der Waals surface area contributed by atoms with Crippen LogP contribution in [-0.2, 0) is 0 Å². The van der Waals surface area contributed by atoms with Gasteiger partial charge in [-0.2, -0.15) is 23.5 Å². The van der Waals surface area contributed by atoms with Gasteiger partial charge < -0.3 is 0 Å². The average Bonchev–Trinajstić information content (AvgIpc) is 2.19. The molecule has 47 valence electrons. The molecular formula is C6H11S2. The molecule has 1 heterocycles. The van der Waals surface area contributed by atoms with E-state index >= 15 is 0 Å². The van der Waals surface area contributed by atoms with Gasteiger partial charge in [0.15, 0.2) is 0 Å². The molecule has 0 aromatic heterocycles. The maximum absolute atomic E-state index is 3.76. The van der Waals surface area contributed by atoms with E-state index in [1.165, 1.54) is 23.7 Å². The molecule has 1 fully saturated rings. The summed E-state index contributed by atoms with van der Waals surface area (Å²) in [5.74, 6) is 5.00. The van der Waals surface area contributed by atoms with Crippen LogP contribution < -0.4 is 0 Å². The molecule has 1 unspecified atom stereocenters. The van der Waals surface area contributed by atoms with Gasteiger partial charge in [-0.15, -0.1) is 0 Å². The first-order valence-corrected chi connectivity index (χ1v) is 5.19. The van der Waals surface area contributed by atoms with Gasteiger partial charge >= 0.3 is 0 Å². The average molecular weight is 147 g/mol. The maximum Gasteiger partial charge on any atom is 0.00236 e. The fraction of sp³-hybridized carbons (Fsp3) is 0.833. The summed E-state index contributed by atoms with van der Waals surface area (Å²) in [6.45, 7) is 0. The third kappa shape index (κ3) is 1.90. The summed E-state index contributed by atoms with van der Waals surface area (Å²) in [5.41, 5.74) is 0. The Kier molecular flexibility index (Phi) is 3.13. The van der Waals surface area contributed by atoms with Gasteiger partial charge in [-0.1, -0.05) is 0 Å². The van der Waals surface area contributed by atoms with E-state index in [9.17, 15) is 0 Å². The number of hydrogen-bond donors (Lipinski definition) is 0. The standard InChI is InChI=1S/C6H11S2/c1-7-4-6-2-3-8-5-6/h6H,1-5H2. The Balaban J connectivity index is 2.06. The summed E-state index contributed by atoms with van der Waals surface area (Å²) < 4.78 is 0. The van der Waals surface area contributed by atoms with Gasteiger partial charge in [0.2, 0.25) is 0 Å². The lowest BCUT2D eigenvalue weighted by Gasteiger charge is -2.01. The topological polar surface area (TPSA) is 0 Å². The second kappa shape index (κ2) is 3.67. The van der Waals surface area contributed by atoms with Crippen LogP contribution >= 0.6 is 23.5 Å². The SMILES string of the molecule is [CH2]SCC1CCSC1. The molecule has 0 N–H and O–H groups in total. The second-order valence-corrected chi connectivity index (χ2v) is 3.99. The first-order chi connectivity index (χ1) is 3.93. The van der Waals surface area contributed by atoms with Crippen LogP contribution in [0.15, 0.2) is 0 Å². The summed E-state index contributed by atoms with van der Waals surface area (Å²) in [6, 6.07) is 0. The highest BCUT2D eigenvalue weighted by Gasteiger charge is 2.13. The highest BCUT2D eigenvalue weighted by atomic mass is 32.2. The minimum Gasteiger partial charge on any atom is -0.162 e. The van der Waals surface area contributed by atoms with Gasteiger partial charge in [0, 0.05) is 6.26 Å². The van der Waals surface area contributed by atoms with Crippen molar-refractivity contribution in [3.63, 3.8) is 0 Å². The fourth-order valence-corrected chi connectivity index (χ4v) is 2.93. The van der Waals surface area contributed by atoms with Gasteiger partial charge in [-0.25, -0.2) is 0 Å². The molecule has 8 heavy (non-hydrogen) atoms. The zero-order valence-corrected chi connectivity index (χ0v) is 6.56. The molecule has 1 saturated heterocycles. The number of hydrogen-bond acceptors (Lipinski definition) is 2. The van der Waals surface area contributed by atoms with E-state index in [-0.39, 0.29) is 0 Å². The Morgan fingerprint density at radius 3 is 3.12 bits per heavy atom. The van der Waals surface area contributed by atoms with Gasteiger partial charge in [0.25, 0.3) is 0 Å². The van der Waals surface area contributed by atoms with Crippen LogP contribution in [0.4, 0.5) is 0 Å². The third-order valence-electron chi connectivity index (χ3n) is 1.38. The van der Waals surface area contributed by atoms with Crippen molar-refractivity contribution in [2.45, 2.75) is 6.42 Å². The Hall–Kier alpha value is 0.700. The van der Waals surface area contributed by atoms with Crippen molar-refractivity contribution in [1.29, 1.82) is 0 Å². The number of thioether (sulfide) groups is 2. The van der Waals surface area contributed by atoms with Crippen molar-refractivity contribution in [3.05, 3.63) is 6.26 Å². The molecule has 1 radical (unpaired) electrons. The van der Waals surface area contributed by atoms with E-state index in [1.807, 2.05) is 0 Å². The molecule has 0 saturated carbocycles.